The molecule has 0 spiro atoms. The molecule has 7 heteroatoms. The number of carbonyl (C=O) groups excluding carboxylic acids is 1. The van der Waals surface area contributed by atoms with Crippen molar-refractivity contribution in [2.75, 3.05) is 19.8 Å². The quantitative estimate of drug-likeness (QED) is 0.609. The second kappa shape index (κ2) is 8.36. The highest BCUT2D eigenvalue weighted by molar-refractivity contribution is 9.10. The second-order valence-electron chi connectivity index (χ2n) is 5.49. The van der Waals surface area contributed by atoms with E-state index in [0.717, 1.165) is 5.56 Å². The number of nitrogens with two attached hydrogens (primary N) is 1. The maximum atomic E-state index is 10.9. The third kappa shape index (κ3) is 5.82. The smallest absolute Gasteiger partial charge is 0.255 e. The Hall–Kier alpha value is -1.31. The van der Waals surface area contributed by atoms with Crippen molar-refractivity contribution >= 4 is 21.8 Å². The van der Waals surface area contributed by atoms with Crippen LogP contribution in [0.2, 0.25) is 0 Å². The van der Waals surface area contributed by atoms with E-state index in [0.29, 0.717) is 29.1 Å². The Balaban J connectivity index is 2.95. The molecule has 4 N–H and O–H groups in total. The zero-order valence-corrected chi connectivity index (χ0v) is 14.7. The lowest BCUT2D eigenvalue weighted by Crippen LogP contribution is -2.42. The molecule has 1 amide bonds. The number of primary amides is 1. The fourth-order valence-corrected chi connectivity index (χ4v) is 2.27. The molecule has 6 nitrogen and oxygen atoms in total. The molecule has 1 rings (SSSR count). The Bertz CT molecular complexity index is 521. The van der Waals surface area contributed by atoms with E-state index in [4.69, 9.17) is 15.2 Å². The van der Waals surface area contributed by atoms with Gasteiger partial charge in [0.2, 0.25) is 0 Å². The molecule has 1 aromatic carbocycles. The van der Waals surface area contributed by atoms with Gasteiger partial charge in [-0.25, -0.2) is 0 Å². The maximum absolute atomic E-state index is 10.9. The van der Waals surface area contributed by atoms with Gasteiger partial charge in [-0.1, -0.05) is 0 Å². The number of aliphatic hydroxyl groups excluding tert-OH is 1. The van der Waals surface area contributed by atoms with Crippen molar-refractivity contribution < 1.29 is 19.4 Å². The molecule has 22 heavy (non-hydrogen) atoms. The van der Waals surface area contributed by atoms with Crippen LogP contribution in [-0.2, 0) is 11.3 Å². The normalized spacial score (nSPS) is 11.3. The SMILES string of the molecule is CCOc1cc(CNC(C)(C)CO)cc(Br)c1OCC(N)=O. The zero-order chi connectivity index (χ0) is 16.8. The molecule has 0 saturated heterocycles. The molecule has 0 bridgehead atoms. The first-order valence-electron chi connectivity index (χ1n) is 7.01. The van der Waals surface area contributed by atoms with Crippen LogP contribution in [0, 0.1) is 0 Å². The van der Waals surface area contributed by atoms with Gasteiger partial charge in [-0.3, -0.25) is 4.79 Å². The van der Waals surface area contributed by atoms with E-state index < -0.39 is 5.91 Å². The second-order valence-corrected chi connectivity index (χ2v) is 6.34. The number of halogens is 1. The number of hydrogen-bond acceptors (Lipinski definition) is 5. The summed E-state index contributed by atoms with van der Waals surface area (Å²) < 4.78 is 11.6. The molecule has 0 aliphatic rings. The van der Waals surface area contributed by atoms with Crippen molar-refractivity contribution in [3.05, 3.63) is 22.2 Å². The maximum Gasteiger partial charge on any atom is 0.255 e. The molecule has 1 aromatic rings. The van der Waals surface area contributed by atoms with Crippen LogP contribution in [0.15, 0.2) is 16.6 Å². The minimum Gasteiger partial charge on any atom is -0.490 e. The number of carbonyl (C=O) groups is 1. The summed E-state index contributed by atoms with van der Waals surface area (Å²) in [7, 11) is 0. The first kappa shape index (κ1) is 18.7. The van der Waals surface area contributed by atoms with Gasteiger partial charge in [0.25, 0.3) is 5.91 Å². The molecule has 124 valence electrons. The number of amides is 1. The minimum atomic E-state index is -0.551. The molecule has 0 aromatic heterocycles. The lowest BCUT2D eigenvalue weighted by molar-refractivity contribution is -0.119. The van der Waals surface area contributed by atoms with Crippen LogP contribution in [-0.4, -0.2) is 36.4 Å². The van der Waals surface area contributed by atoms with Gasteiger partial charge in [0.15, 0.2) is 18.1 Å². The molecule has 0 aliphatic heterocycles. The molecule has 0 aliphatic carbocycles. The van der Waals surface area contributed by atoms with E-state index in [1.807, 2.05) is 32.9 Å². The molecular weight excluding hydrogens is 352 g/mol. The molecule has 0 fully saturated rings. The van der Waals surface area contributed by atoms with E-state index in [1.54, 1.807) is 0 Å². The van der Waals surface area contributed by atoms with Gasteiger partial charge >= 0.3 is 0 Å². The highest BCUT2D eigenvalue weighted by Crippen LogP contribution is 2.37. The van der Waals surface area contributed by atoms with Crippen molar-refractivity contribution in [2.24, 2.45) is 5.73 Å². The zero-order valence-electron chi connectivity index (χ0n) is 13.1. The van der Waals surface area contributed by atoms with Crippen molar-refractivity contribution in [2.45, 2.75) is 32.9 Å². The summed E-state index contributed by atoms with van der Waals surface area (Å²) in [5.41, 5.74) is 5.69. The minimum absolute atomic E-state index is 0.0340. The van der Waals surface area contributed by atoms with Gasteiger partial charge in [-0.15, -0.1) is 0 Å². The van der Waals surface area contributed by atoms with Crippen LogP contribution >= 0.6 is 15.9 Å². The van der Waals surface area contributed by atoms with Crippen LogP contribution in [0.4, 0.5) is 0 Å². The first-order valence-corrected chi connectivity index (χ1v) is 7.80. The fraction of sp³-hybridized carbons (Fsp3) is 0.533. The molecule has 0 radical (unpaired) electrons. The number of nitrogens with one attached hydrogen (secondary N) is 1. The average Bonchev–Trinajstić information content (AvgIpc) is 2.44. The number of aliphatic hydroxyl groups is 1. The van der Waals surface area contributed by atoms with Gasteiger partial charge in [0, 0.05) is 12.1 Å². The fourth-order valence-electron chi connectivity index (χ4n) is 1.67. The Labute approximate surface area is 139 Å². The largest absolute Gasteiger partial charge is 0.490 e. The van der Waals surface area contributed by atoms with Gasteiger partial charge in [0.1, 0.15) is 0 Å². The third-order valence-corrected chi connectivity index (χ3v) is 3.48. The number of benzene rings is 1. The van der Waals surface area contributed by atoms with Crippen molar-refractivity contribution in [3.8, 4) is 11.5 Å². The van der Waals surface area contributed by atoms with E-state index in [2.05, 4.69) is 21.2 Å². The highest BCUT2D eigenvalue weighted by atomic mass is 79.9. The molecular formula is C15H23BrN2O4. The van der Waals surface area contributed by atoms with E-state index in [9.17, 15) is 9.90 Å². The number of rotatable bonds is 9. The average molecular weight is 375 g/mol. The molecule has 0 unspecified atom stereocenters. The van der Waals surface area contributed by atoms with Crippen molar-refractivity contribution in [1.29, 1.82) is 0 Å². The Morgan fingerprint density at radius 2 is 2.09 bits per heavy atom. The van der Waals surface area contributed by atoms with Crippen LogP contribution in [0.3, 0.4) is 0 Å². The summed E-state index contributed by atoms with van der Waals surface area (Å²) in [5.74, 6) is 0.437. The number of hydrogen-bond donors (Lipinski definition) is 3. The van der Waals surface area contributed by atoms with E-state index >= 15 is 0 Å². The lowest BCUT2D eigenvalue weighted by Gasteiger charge is -2.24. The summed E-state index contributed by atoms with van der Waals surface area (Å²) in [4.78, 5) is 10.9. The molecule has 0 atom stereocenters. The van der Waals surface area contributed by atoms with Gasteiger partial charge < -0.3 is 25.6 Å². The third-order valence-electron chi connectivity index (χ3n) is 2.89. The molecule has 0 saturated carbocycles. The summed E-state index contributed by atoms with van der Waals surface area (Å²) in [6.07, 6.45) is 0. The Kier molecular flexibility index (Phi) is 7.12. The predicted molar refractivity (Wildman–Crippen MR) is 88.0 cm³/mol. The topological polar surface area (TPSA) is 93.8 Å². The Morgan fingerprint density at radius 1 is 1.41 bits per heavy atom. The summed E-state index contributed by atoms with van der Waals surface area (Å²) in [6.45, 7) is 6.54. The summed E-state index contributed by atoms with van der Waals surface area (Å²) in [6, 6.07) is 3.71. The van der Waals surface area contributed by atoms with Gasteiger partial charge in [0.05, 0.1) is 17.7 Å². The van der Waals surface area contributed by atoms with E-state index in [1.165, 1.54) is 0 Å². The first-order chi connectivity index (χ1) is 10.3. The summed E-state index contributed by atoms with van der Waals surface area (Å²) in [5, 5.41) is 12.5. The van der Waals surface area contributed by atoms with Crippen LogP contribution in [0.1, 0.15) is 26.3 Å². The van der Waals surface area contributed by atoms with E-state index in [-0.39, 0.29) is 18.8 Å². The monoisotopic (exact) mass is 374 g/mol. The van der Waals surface area contributed by atoms with Crippen LogP contribution in [0.25, 0.3) is 0 Å². The van der Waals surface area contributed by atoms with Crippen molar-refractivity contribution in [3.63, 3.8) is 0 Å². The standard InChI is InChI=1S/C15H23BrN2O4/c1-4-21-12-6-10(7-18-15(2,3)9-19)5-11(16)14(12)22-8-13(17)20/h5-6,18-19H,4,7-9H2,1-3H3,(H2,17,20). The Morgan fingerprint density at radius 3 is 2.64 bits per heavy atom. The van der Waals surface area contributed by atoms with Gasteiger partial charge in [-0.05, 0) is 54.4 Å². The highest BCUT2D eigenvalue weighted by Gasteiger charge is 2.17. The van der Waals surface area contributed by atoms with Crippen molar-refractivity contribution in [1.82, 2.24) is 5.32 Å². The number of ether oxygens (including phenoxy) is 2. The molecule has 0 heterocycles. The van der Waals surface area contributed by atoms with Crippen LogP contribution in [0.5, 0.6) is 11.5 Å². The van der Waals surface area contributed by atoms with Crippen LogP contribution < -0.4 is 20.5 Å². The lowest BCUT2D eigenvalue weighted by atomic mass is 10.1. The predicted octanol–water partition coefficient (Wildman–Crippen LogP) is 1.57. The van der Waals surface area contributed by atoms with Gasteiger partial charge in [-0.2, -0.15) is 0 Å². The summed E-state index contributed by atoms with van der Waals surface area (Å²) >= 11 is 3.42.